The number of anilines is 1. The van der Waals surface area contributed by atoms with Gasteiger partial charge < -0.3 is 21.5 Å². The molecule has 1 aromatic carbocycles. The summed E-state index contributed by atoms with van der Waals surface area (Å²) in [5.41, 5.74) is 7.62. The number of benzene rings is 1. The summed E-state index contributed by atoms with van der Waals surface area (Å²) in [6.45, 7) is 3.21. The molecular weight excluding hydrogens is 512 g/mol. The molecule has 14 heteroatoms. The molecule has 0 aliphatic carbocycles. The van der Waals surface area contributed by atoms with E-state index in [4.69, 9.17) is 5.73 Å². The van der Waals surface area contributed by atoms with Gasteiger partial charge in [0, 0.05) is 24.1 Å². The summed E-state index contributed by atoms with van der Waals surface area (Å²) in [5, 5.41) is 23.4. The number of carbonyl (C=O) groups is 4. The molecule has 0 spiro atoms. The average Bonchev–Trinajstić information content (AvgIpc) is 3.24. The van der Waals surface area contributed by atoms with Crippen molar-refractivity contribution in [1.29, 1.82) is 0 Å². The lowest BCUT2D eigenvalue weighted by molar-refractivity contribution is -0.150. The third-order valence-corrected chi connectivity index (χ3v) is 8.67. The normalized spacial score (nSPS) is 20.1. The van der Waals surface area contributed by atoms with E-state index >= 15 is 0 Å². The van der Waals surface area contributed by atoms with Crippen molar-refractivity contribution < 1.29 is 24.3 Å². The molecule has 11 nitrogen and oxygen atoms in total. The van der Waals surface area contributed by atoms with Gasteiger partial charge in [0.1, 0.15) is 28.2 Å². The van der Waals surface area contributed by atoms with E-state index in [2.05, 4.69) is 20.8 Å². The van der Waals surface area contributed by atoms with E-state index in [0.29, 0.717) is 28.3 Å². The van der Waals surface area contributed by atoms with E-state index in [9.17, 15) is 24.3 Å². The molecule has 3 amide bonds. The highest BCUT2D eigenvalue weighted by molar-refractivity contribution is 8.01. The Morgan fingerprint density at radius 3 is 2.77 bits per heavy atom. The lowest BCUT2D eigenvalue weighted by Crippen LogP contribution is -2.71. The minimum atomic E-state index is -1.19. The highest BCUT2D eigenvalue weighted by Gasteiger charge is 2.54. The monoisotopic (exact) mass is 534 g/mol. The number of hydrogen-bond acceptors (Lipinski definition) is 10. The Hall–Kier alpha value is -2.94. The van der Waals surface area contributed by atoms with Gasteiger partial charge in [-0.05, 0) is 30.2 Å². The first-order valence-corrected chi connectivity index (χ1v) is 13.3. The van der Waals surface area contributed by atoms with Crippen LogP contribution < -0.4 is 16.4 Å². The van der Waals surface area contributed by atoms with Gasteiger partial charge in [-0.25, -0.2) is 4.79 Å². The van der Waals surface area contributed by atoms with Gasteiger partial charge in [-0.1, -0.05) is 35.2 Å². The van der Waals surface area contributed by atoms with Gasteiger partial charge in [-0.15, -0.1) is 22.0 Å². The minimum Gasteiger partial charge on any atom is -0.477 e. The smallest absolute Gasteiger partial charge is 0.352 e. The first kappa shape index (κ1) is 25.2. The largest absolute Gasteiger partial charge is 0.477 e. The number of aryl methyl sites for hydroxylation is 1. The van der Waals surface area contributed by atoms with Crippen LogP contribution in [0.25, 0.3) is 0 Å². The summed E-state index contributed by atoms with van der Waals surface area (Å²) in [7, 11) is 0. The molecule has 0 radical (unpaired) electrons. The lowest BCUT2D eigenvalue weighted by Gasteiger charge is -2.49. The fourth-order valence-electron chi connectivity index (χ4n) is 3.69. The second-order valence-corrected chi connectivity index (χ2v) is 11.3. The van der Waals surface area contributed by atoms with Crippen LogP contribution in [0.4, 0.5) is 5.69 Å². The molecule has 0 bridgehead atoms. The number of aromatic nitrogens is 2. The summed E-state index contributed by atoms with van der Waals surface area (Å²) in [5.74, 6) is -1.75. The SMILES string of the molecule is CC(=O)Nc1cccc(C(N)C(=O)NC2C(=O)N3C(C(=O)O)=C(CSc4nnc(C)s4)CS[C@H]23)c1. The number of hydrogen-bond donors (Lipinski definition) is 4. The lowest BCUT2D eigenvalue weighted by atomic mass is 10.0. The van der Waals surface area contributed by atoms with Gasteiger partial charge in [0.2, 0.25) is 11.8 Å². The predicted octanol–water partition coefficient (Wildman–Crippen LogP) is 1.34. The molecule has 3 atom stereocenters. The minimum absolute atomic E-state index is 0.0507. The van der Waals surface area contributed by atoms with Crippen LogP contribution in [-0.2, 0) is 19.2 Å². The van der Waals surface area contributed by atoms with Crippen molar-refractivity contribution in [2.45, 2.75) is 35.6 Å². The second-order valence-electron chi connectivity index (χ2n) is 7.81. The van der Waals surface area contributed by atoms with E-state index < -0.39 is 35.2 Å². The zero-order valence-electron chi connectivity index (χ0n) is 18.7. The van der Waals surface area contributed by atoms with E-state index in [0.717, 1.165) is 9.35 Å². The Morgan fingerprint density at radius 1 is 1.34 bits per heavy atom. The molecule has 35 heavy (non-hydrogen) atoms. The number of carboxylic acids is 1. The molecule has 2 aliphatic rings. The topological polar surface area (TPSA) is 168 Å². The third-order valence-electron chi connectivity index (χ3n) is 5.27. The number of thioether (sulfide) groups is 2. The van der Waals surface area contributed by atoms with Crippen molar-refractivity contribution in [3.63, 3.8) is 0 Å². The summed E-state index contributed by atoms with van der Waals surface area (Å²) >= 11 is 4.18. The van der Waals surface area contributed by atoms with Crippen molar-refractivity contribution in [1.82, 2.24) is 20.4 Å². The Bertz CT molecular complexity index is 1230. The zero-order chi connectivity index (χ0) is 25.3. The molecule has 3 heterocycles. The number of rotatable bonds is 8. The average molecular weight is 535 g/mol. The maximum Gasteiger partial charge on any atom is 0.352 e. The van der Waals surface area contributed by atoms with E-state index in [-0.39, 0.29) is 11.6 Å². The van der Waals surface area contributed by atoms with Crippen LogP contribution in [0.2, 0.25) is 0 Å². The Kier molecular flexibility index (Phi) is 7.44. The first-order valence-electron chi connectivity index (χ1n) is 10.4. The van der Waals surface area contributed by atoms with E-state index in [1.165, 1.54) is 46.7 Å². The van der Waals surface area contributed by atoms with Gasteiger partial charge >= 0.3 is 5.97 Å². The maximum absolute atomic E-state index is 12.9. The number of carboxylic acid groups (broad SMARTS) is 1. The molecule has 2 unspecified atom stereocenters. The number of β-lactam (4-membered cyclic amide) rings is 1. The Morgan fingerprint density at radius 2 is 2.11 bits per heavy atom. The van der Waals surface area contributed by atoms with E-state index in [1.54, 1.807) is 24.3 Å². The zero-order valence-corrected chi connectivity index (χ0v) is 21.1. The molecule has 2 aliphatic heterocycles. The Balaban J connectivity index is 1.43. The van der Waals surface area contributed by atoms with Crippen molar-refractivity contribution in [3.8, 4) is 0 Å². The number of aliphatic carboxylic acids is 1. The standard InChI is InChI=1S/C21H22N6O5S3/c1-9(28)23-13-5-3-4-11(6-13)14(22)17(29)24-15-18(30)27-16(20(31)32)12(7-33-19(15)27)8-34-21-26-25-10(2)35-21/h3-6,14-15,19H,7-8,22H2,1-2H3,(H,23,28)(H,24,29)(H,31,32)/t14?,15?,19-/m1/s1. The van der Waals surface area contributed by atoms with Gasteiger partial charge in [0.05, 0.1) is 0 Å². The summed E-state index contributed by atoms with van der Waals surface area (Å²) in [6, 6.07) is 4.61. The Labute approximate surface area is 212 Å². The molecule has 4 rings (SSSR count). The van der Waals surface area contributed by atoms with Crippen molar-refractivity contribution in [3.05, 3.63) is 46.1 Å². The third kappa shape index (κ3) is 5.34. The van der Waals surface area contributed by atoms with E-state index in [1.807, 2.05) is 6.92 Å². The molecule has 184 valence electrons. The highest BCUT2D eigenvalue weighted by atomic mass is 32.2. The molecule has 0 saturated carbocycles. The predicted molar refractivity (Wildman–Crippen MR) is 133 cm³/mol. The maximum atomic E-state index is 12.9. The number of carbonyl (C=O) groups excluding carboxylic acids is 3. The van der Waals surface area contributed by atoms with Crippen LogP contribution >= 0.6 is 34.9 Å². The van der Waals surface area contributed by atoms with Gasteiger partial charge in [-0.3, -0.25) is 19.3 Å². The molecule has 2 aromatic rings. The second kappa shape index (κ2) is 10.4. The van der Waals surface area contributed by atoms with Gasteiger partial charge in [-0.2, -0.15) is 0 Å². The molecular formula is C21H22N6O5S3. The molecule has 1 saturated heterocycles. The molecule has 1 aromatic heterocycles. The highest BCUT2D eigenvalue weighted by Crippen LogP contribution is 2.42. The van der Waals surface area contributed by atoms with Gasteiger partial charge in [0.25, 0.3) is 5.91 Å². The number of nitrogens with zero attached hydrogens (tertiary/aromatic N) is 3. The number of amides is 3. The first-order chi connectivity index (χ1) is 16.7. The summed E-state index contributed by atoms with van der Waals surface area (Å²) in [6.07, 6.45) is 0. The fraction of sp³-hybridized carbons (Fsp3) is 0.333. The van der Waals surface area contributed by atoms with Crippen molar-refractivity contribution in [2.75, 3.05) is 16.8 Å². The van der Waals surface area contributed by atoms with Crippen LogP contribution in [0.3, 0.4) is 0 Å². The van der Waals surface area contributed by atoms with Crippen LogP contribution in [-0.4, -0.2) is 66.8 Å². The number of nitrogens with one attached hydrogen (secondary N) is 2. The summed E-state index contributed by atoms with van der Waals surface area (Å²) < 4.78 is 0.725. The fourth-order valence-corrected chi connectivity index (χ4v) is 6.99. The van der Waals surface area contributed by atoms with Gasteiger partial charge in [0.15, 0.2) is 4.34 Å². The van der Waals surface area contributed by atoms with Crippen LogP contribution in [0.5, 0.6) is 0 Å². The quantitative estimate of drug-likeness (QED) is 0.286. The number of nitrogens with two attached hydrogens (primary N) is 1. The molecule has 5 N–H and O–H groups in total. The van der Waals surface area contributed by atoms with Crippen molar-refractivity contribution in [2.24, 2.45) is 5.73 Å². The molecule has 1 fully saturated rings. The number of fused-ring (bicyclic) bond motifs is 1. The van der Waals surface area contributed by atoms with Crippen LogP contribution in [0, 0.1) is 6.92 Å². The van der Waals surface area contributed by atoms with Crippen LogP contribution in [0.15, 0.2) is 39.9 Å². The van der Waals surface area contributed by atoms with Crippen LogP contribution in [0.1, 0.15) is 23.5 Å². The van der Waals surface area contributed by atoms with Crippen molar-refractivity contribution >= 4 is 64.2 Å². The summed E-state index contributed by atoms with van der Waals surface area (Å²) in [4.78, 5) is 50.2.